The molecular formula is C21H24BrN3O3. The van der Waals surface area contributed by atoms with Gasteiger partial charge in [0.1, 0.15) is 5.75 Å². The Morgan fingerprint density at radius 1 is 1.11 bits per heavy atom. The van der Waals surface area contributed by atoms with Crippen LogP contribution in [0.15, 0.2) is 53.0 Å². The van der Waals surface area contributed by atoms with Crippen molar-refractivity contribution in [1.29, 1.82) is 0 Å². The van der Waals surface area contributed by atoms with Crippen LogP contribution in [-0.4, -0.2) is 23.8 Å². The second-order valence-corrected chi connectivity index (χ2v) is 8.19. The lowest BCUT2D eigenvalue weighted by Crippen LogP contribution is -2.53. The number of carbonyl (C=O) groups is 1. The van der Waals surface area contributed by atoms with Crippen LogP contribution >= 0.6 is 15.9 Å². The number of hydrogen-bond donors (Lipinski definition) is 4. The van der Waals surface area contributed by atoms with Crippen molar-refractivity contribution in [3.05, 3.63) is 64.1 Å². The predicted molar refractivity (Wildman–Crippen MR) is 110 cm³/mol. The van der Waals surface area contributed by atoms with E-state index in [1.165, 1.54) is 0 Å². The van der Waals surface area contributed by atoms with Crippen LogP contribution in [0.2, 0.25) is 0 Å². The van der Waals surface area contributed by atoms with E-state index in [4.69, 9.17) is 4.74 Å². The third-order valence-corrected chi connectivity index (χ3v) is 6.17. The summed E-state index contributed by atoms with van der Waals surface area (Å²) in [5.41, 5.74) is 8.73. The Hall–Kier alpha value is -1.93. The number of nitrogens with one attached hydrogen (secondary N) is 3. The summed E-state index contributed by atoms with van der Waals surface area (Å²) in [4.78, 5) is 12.1. The second kappa shape index (κ2) is 8.21. The molecule has 0 saturated carbocycles. The van der Waals surface area contributed by atoms with Crippen LogP contribution < -0.4 is 20.9 Å². The maximum atomic E-state index is 12.1. The molecule has 2 aliphatic heterocycles. The van der Waals surface area contributed by atoms with E-state index in [-0.39, 0.29) is 24.2 Å². The first kappa shape index (κ1) is 19.4. The minimum atomic E-state index is -0.750. The summed E-state index contributed by atoms with van der Waals surface area (Å²) in [7, 11) is 0. The first-order valence-electron chi connectivity index (χ1n) is 9.55. The number of hydrazine groups is 1. The molecule has 0 aromatic heterocycles. The zero-order valence-electron chi connectivity index (χ0n) is 15.6. The Morgan fingerprint density at radius 3 is 2.43 bits per heavy atom. The molecule has 7 heteroatoms. The van der Waals surface area contributed by atoms with Crippen LogP contribution in [0.5, 0.6) is 5.75 Å². The Bertz CT molecular complexity index is 828. The molecule has 6 nitrogen and oxygen atoms in total. The maximum Gasteiger partial charge on any atom is 0.307 e. The lowest BCUT2D eigenvalue weighted by Gasteiger charge is -2.39. The predicted octanol–water partition coefficient (Wildman–Crippen LogP) is 3.37. The van der Waals surface area contributed by atoms with Gasteiger partial charge in [-0.2, -0.15) is 0 Å². The van der Waals surface area contributed by atoms with Gasteiger partial charge >= 0.3 is 5.97 Å². The monoisotopic (exact) mass is 445 g/mol. The molecule has 2 aliphatic rings. The molecule has 5 unspecified atom stereocenters. The summed E-state index contributed by atoms with van der Waals surface area (Å²) in [5, 5.41) is 13.6. The van der Waals surface area contributed by atoms with Crippen molar-refractivity contribution in [2.24, 2.45) is 11.8 Å². The molecule has 4 rings (SSSR count). The molecule has 2 fully saturated rings. The van der Waals surface area contributed by atoms with Gasteiger partial charge in [-0.05, 0) is 48.7 Å². The van der Waals surface area contributed by atoms with Gasteiger partial charge in [0.2, 0.25) is 0 Å². The van der Waals surface area contributed by atoms with Crippen molar-refractivity contribution in [3.8, 4) is 5.75 Å². The van der Waals surface area contributed by atoms with Crippen molar-refractivity contribution in [2.75, 3.05) is 6.61 Å². The molecule has 148 valence electrons. The molecule has 2 heterocycles. The number of hydrogen-bond acceptors (Lipinski definition) is 5. The lowest BCUT2D eigenvalue weighted by molar-refractivity contribution is -0.146. The fourth-order valence-corrected chi connectivity index (χ4v) is 4.58. The van der Waals surface area contributed by atoms with Crippen molar-refractivity contribution >= 4 is 21.9 Å². The van der Waals surface area contributed by atoms with E-state index in [1.54, 1.807) is 0 Å². The molecule has 4 N–H and O–H groups in total. The second-order valence-electron chi connectivity index (χ2n) is 7.27. The molecule has 0 radical (unpaired) electrons. The highest BCUT2D eigenvalue weighted by molar-refractivity contribution is 9.10. The number of ether oxygens (including phenoxy) is 1. The van der Waals surface area contributed by atoms with Gasteiger partial charge in [0.15, 0.2) is 0 Å². The first-order chi connectivity index (χ1) is 13.6. The topological polar surface area (TPSA) is 82.6 Å². The van der Waals surface area contributed by atoms with E-state index in [0.717, 1.165) is 21.3 Å². The van der Waals surface area contributed by atoms with Crippen molar-refractivity contribution in [1.82, 2.24) is 16.2 Å². The van der Waals surface area contributed by atoms with E-state index < -0.39 is 11.9 Å². The van der Waals surface area contributed by atoms with E-state index in [0.29, 0.717) is 13.0 Å². The molecule has 2 saturated heterocycles. The molecule has 0 amide bonds. The van der Waals surface area contributed by atoms with Crippen LogP contribution in [0.25, 0.3) is 0 Å². The normalized spacial score (nSPS) is 29.3. The average molecular weight is 446 g/mol. The van der Waals surface area contributed by atoms with E-state index in [2.05, 4.69) is 32.1 Å². The van der Waals surface area contributed by atoms with Gasteiger partial charge in [-0.3, -0.25) is 10.1 Å². The zero-order valence-corrected chi connectivity index (χ0v) is 17.1. The van der Waals surface area contributed by atoms with Crippen molar-refractivity contribution in [3.63, 3.8) is 0 Å². The summed E-state index contributed by atoms with van der Waals surface area (Å²) in [6.45, 7) is 2.58. The van der Waals surface area contributed by atoms with Gasteiger partial charge in [-0.1, -0.05) is 40.2 Å². The maximum absolute atomic E-state index is 12.1. The highest BCUT2D eigenvalue weighted by Gasteiger charge is 2.49. The summed E-state index contributed by atoms with van der Waals surface area (Å²) < 4.78 is 6.51. The minimum absolute atomic E-state index is 0.0315. The Kier molecular flexibility index (Phi) is 5.68. The fourth-order valence-electron chi connectivity index (χ4n) is 4.31. The van der Waals surface area contributed by atoms with Crippen LogP contribution in [0.4, 0.5) is 0 Å². The third kappa shape index (κ3) is 3.80. The Balaban J connectivity index is 1.56. The number of fused-ring (bicyclic) bond motifs is 1. The first-order valence-corrected chi connectivity index (χ1v) is 10.3. The van der Waals surface area contributed by atoms with Crippen LogP contribution in [0, 0.1) is 11.8 Å². The summed E-state index contributed by atoms with van der Waals surface area (Å²) in [6.07, 6.45) is 0.418. The van der Waals surface area contributed by atoms with Gasteiger partial charge in [0.25, 0.3) is 0 Å². The van der Waals surface area contributed by atoms with Gasteiger partial charge < -0.3 is 9.84 Å². The number of carboxylic acid groups (broad SMARTS) is 1. The largest absolute Gasteiger partial charge is 0.494 e. The highest BCUT2D eigenvalue weighted by Crippen LogP contribution is 2.42. The number of rotatable bonds is 5. The molecule has 5 atom stereocenters. The van der Waals surface area contributed by atoms with Gasteiger partial charge in [0, 0.05) is 16.4 Å². The quantitative estimate of drug-likeness (QED) is 0.564. The van der Waals surface area contributed by atoms with Gasteiger partial charge in [-0.25, -0.2) is 10.9 Å². The third-order valence-electron chi connectivity index (χ3n) is 5.64. The minimum Gasteiger partial charge on any atom is -0.494 e. The zero-order chi connectivity index (χ0) is 19.7. The number of benzene rings is 2. The molecule has 2 aromatic carbocycles. The van der Waals surface area contributed by atoms with Crippen molar-refractivity contribution < 1.29 is 14.6 Å². The van der Waals surface area contributed by atoms with Crippen LogP contribution in [0.3, 0.4) is 0 Å². The number of piperidine rings is 1. The van der Waals surface area contributed by atoms with Crippen LogP contribution in [0.1, 0.15) is 36.6 Å². The number of carboxylic acids is 1. The van der Waals surface area contributed by atoms with Crippen LogP contribution in [-0.2, 0) is 4.79 Å². The molecule has 0 spiro atoms. The standard InChI is InChI=1S/C21H24BrN3O3/c1-2-28-15-9-5-12(6-10-15)17-11-16(21(26)27)18-19(24-25-20(18)23-17)13-3-7-14(22)8-4-13/h3-10,16-20,23-25H,2,11H2,1H3,(H,26,27). The smallest absolute Gasteiger partial charge is 0.307 e. The Labute approximate surface area is 172 Å². The van der Waals surface area contributed by atoms with Gasteiger partial charge in [-0.15, -0.1) is 0 Å². The summed E-state index contributed by atoms with van der Waals surface area (Å²) in [5.74, 6) is -0.470. The molecule has 28 heavy (non-hydrogen) atoms. The number of aliphatic carboxylic acids is 1. The SMILES string of the molecule is CCOc1ccc(C2CC(C(=O)O)C3C(NNC3c3ccc(Br)cc3)N2)cc1. The Morgan fingerprint density at radius 2 is 1.79 bits per heavy atom. The molecule has 0 aliphatic carbocycles. The van der Waals surface area contributed by atoms with E-state index in [1.807, 2.05) is 55.5 Å². The number of halogens is 1. The molecule has 0 bridgehead atoms. The van der Waals surface area contributed by atoms with Crippen molar-refractivity contribution in [2.45, 2.75) is 31.6 Å². The van der Waals surface area contributed by atoms with Gasteiger partial charge in [0.05, 0.1) is 24.7 Å². The molecular weight excluding hydrogens is 422 g/mol. The van der Waals surface area contributed by atoms with E-state index >= 15 is 0 Å². The fraction of sp³-hybridized carbons (Fsp3) is 0.381. The highest BCUT2D eigenvalue weighted by atomic mass is 79.9. The molecule has 2 aromatic rings. The summed E-state index contributed by atoms with van der Waals surface area (Å²) in [6, 6.07) is 15.8. The van der Waals surface area contributed by atoms with E-state index in [9.17, 15) is 9.90 Å². The lowest BCUT2D eigenvalue weighted by atomic mass is 9.75. The summed E-state index contributed by atoms with van der Waals surface area (Å²) >= 11 is 3.46. The average Bonchev–Trinajstić information content (AvgIpc) is 3.12.